The van der Waals surface area contributed by atoms with Gasteiger partial charge in [-0.25, -0.2) is 8.42 Å². The van der Waals surface area contributed by atoms with Crippen molar-refractivity contribution in [2.75, 3.05) is 20.2 Å². The molecule has 2 aromatic heterocycles. The maximum absolute atomic E-state index is 13.2. The maximum atomic E-state index is 13.2. The molecule has 8 heteroatoms. The zero-order valence-electron chi connectivity index (χ0n) is 16.5. The van der Waals surface area contributed by atoms with Crippen LogP contribution < -0.4 is 10.3 Å². The number of fused-ring (bicyclic) bond motifs is 4. The monoisotopic (exact) mass is 442 g/mol. The largest absolute Gasteiger partial charge is 0.497 e. The van der Waals surface area contributed by atoms with Gasteiger partial charge in [-0.05, 0) is 60.2 Å². The van der Waals surface area contributed by atoms with Gasteiger partial charge in [-0.3, -0.25) is 4.79 Å². The lowest BCUT2D eigenvalue weighted by atomic mass is 9.84. The Bertz CT molecular complexity index is 1230. The first kappa shape index (κ1) is 19.5. The number of hydrogen-bond acceptors (Lipinski definition) is 5. The highest BCUT2D eigenvalue weighted by Gasteiger charge is 2.39. The number of sulfonamides is 1. The lowest BCUT2D eigenvalue weighted by Crippen LogP contribution is -2.49. The minimum absolute atomic E-state index is 0.0237. The molecule has 1 saturated heterocycles. The summed E-state index contributed by atoms with van der Waals surface area (Å²) in [7, 11) is -2.04. The number of hydrogen-bond donors (Lipinski definition) is 0. The summed E-state index contributed by atoms with van der Waals surface area (Å²) in [5.41, 5.74) is 1.68. The normalized spacial score (nSPS) is 21.2. The Balaban J connectivity index is 1.47. The lowest BCUT2D eigenvalue weighted by molar-refractivity contribution is 0.186. The number of piperidine rings is 1. The minimum Gasteiger partial charge on any atom is -0.497 e. The van der Waals surface area contributed by atoms with Gasteiger partial charge in [0.2, 0.25) is 10.0 Å². The van der Waals surface area contributed by atoms with E-state index in [4.69, 9.17) is 4.74 Å². The minimum atomic E-state index is -3.59. The molecule has 0 unspecified atom stereocenters. The van der Waals surface area contributed by atoms with E-state index in [1.54, 1.807) is 47.0 Å². The lowest BCUT2D eigenvalue weighted by Gasteiger charge is -2.42. The van der Waals surface area contributed by atoms with E-state index in [-0.39, 0.29) is 22.3 Å². The van der Waals surface area contributed by atoms with Crippen molar-refractivity contribution in [2.45, 2.75) is 23.8 Å². The van der Waals surface area contributed by atoms with Gasteiger partial charge in [0.05, 0.1) is 17.6 Å². The molecule has 0 saturated carbocycles. The number of rotatable bonds is 4. The molecule has 2 bridgehead atoms. The highest BCUT2D eigenvalue weighted by atomic mass is 32.2. The molecule has 6 nitrogen and oxygen atoms in total. The van der Waals surface area contributed by atoms with Crippen LogP contribution in [0.15, 0.2) is 63.6 Å². The second kappa shape index (κ2) is 7.37. The zero-order valence-corrected chi connectivity index (χ0v) is 18.2. The van der Waals surface area contributed by atoms with Crippen molar-refractivity contribution in [1.29, 1.82) is 0 Å². The third-order valence-electron chi connectivity index (χ3n) is 6.05. The zero-order chi connectivity index (χ0) is 20.9. The number of benzene rings is 1. The average Bonchev–Trinajstić information content (AvgIpc) is 3.29. The predicted octanol–water partition coefficient (Wildman–Crippen LogP) is 3.39. The van der Waals surface area contributed by atoms with Gasteiger partial charge in [0.25, 0.3) is 5.56 Å². The molecule has 4 heterocycles. The van der Waals surface area contributed by atoms with Crippen molar-refractivity contribution in [3.63, 3.8) is 0 Å². The predicted molar refractivity (Wildman–Crippen MR) is 117 cm³/mol. The summed E-state index contributed by atoms with van der Waals surface area (Å²) in [4.78, 5) is 14.4. The molecule has 0 N–H and O–H groups in total. The van der Waals surface area contributed by atoms with Crippen molar-refractivity contribution in [1.82, 2.24) is 8.87 Å². The Hall–Kier alpha value is -2.42. The number of aromatic nitrogens is 1. The molecule has 2 aliphatic heterocycles. The first-order valence-electron chi connectivity index (χ1n) is 9.89. The van der Waals surface area contributed by atoms with E-state index >= 15 is 0 Å². The van der Waals surface area contributed by atoms with Crippen LogP contribution in [0.3, 0.4) is 0 Å². The van der Waals surface area contributed by atoms with E-state index < -0.39 is 10.0 Å². The second-order valence-corrected chi connectivity index (χ2v) is 10.7. The van der Waals surface area contributed by atoms with Gasteiger partial charge < -0.3 is 9.30 Å². The van der Waals surface area contributed by atoms with Crippen LogP contribution in [0.4, 0.5) is 0 Å². The van der Waals surface area contributed by atoms with E-state index in [0.717, 1.165) is 22.6 Å². The van der Waals surface area contributed by atoms with Crippen LogP contribution in [0.1, 0.15) is 18.0 Å². The summed E-state index contributed by atoms with van der Waals surface area (Å²) in [5.74, 6) is 0.774. The number of methoxy groups -OCH3 is 1. The fraction of sp³-hybridized carbons (Fsp3) is 0.318. The quantitative estimate of drug-likeness (QED) is 0.621. The Morgan fingerprint density at radius 2 is 1.83 bits per heavy atom. The number of thiophene rings is 1. The van der Waals surface area contributed by atoms with Crippen LogP contribution in [0, 0.1) is 5.92 Å². The second-order valence-electron chi connectivity index (χ2n) is 7.86. The molecule has 0 spiro atoms. The highest BCUT2D eigenvalue weighted by Crippen LogP contribution is 2.38. The van der Waals surface area contributed by atoms with E-state index in [1.165, 1.54) is 0 Å². The van der Waals surface area contributed by atoms with Gasteiger partial charge in [-0.1, -0.05) is 6.07 Å². The van der Waals surface area contributed by atoms with Crippen molar-refractivity contribution in [2.24, 2.45) is 5.92 Å². The van der Waals surface area contributed by atoms with Crippen LogP contribution in [0.2, 0.25) is 0 Å². The SMILES string of the molecule is COc1ccc(S(=O)(=O)N2C[C@@H]3C[C@H](C2)c2ccc(-c4cccs4)c(=O)n2C3)cc1. The van der Waals surface area contributed by atoms with Gasteiger partial charge in [0, 0.05) is 36.1 Å². The maximum Gasteiger partial charge on any atom is 0.259 e. The Labute approximate surface area is 179 Å². The molecule has 156 valence electrons. The Morgan fingerprint density at radius 3 is 2.53 bits per heavy atom. The van der Waals surface area contributed by atoms with Gasteiger partial charge in [-0.2, -0.15) is 4.31 Å². The Kier molecular flexibility index (Phi) is 4.80. The van der Waals surface area contributed by atoms with Crippen LogP contribution >= 0.6 is 11.3 Å². The molecule has 0 radical (unpaired) electrons. The smallest absolute Gasteiger partial charge is 0.259 e. The summed E-state index contributed by atoms with van der Waals surface area (Å²) in [6, 6.07) is 14.3. The third-order valence-corrected chi connectivity index (χ3v) is 8.80. The molecule has 3 aromatic rings. The summed E-state index contributed by atoms with van der Waals surface area (Å²) in [6.07, 6.45) is 0.909. The fourth-order valence-electron chi connectivity index (χ4n) is 4.61. The number of nitrogens with zero attached hydrogens (tertiary/aromatic N) is 2. The highest BCUT2D eigenvalue weighted by molar-refractivity contribution is 7.89. The third kappa shape index (κ3) is 3.19. The molecule has 2 atom stereocenters. The summed E-state index contributed by atoms with van der Waals surface area (Å²) in [6.45, 7) is 1.38. The molecular formula is C22H22N2O4S2. The average molecular weight is 443 g/mol. The summed E-state index contributed by atoms with van der Waals surface area (Å²) in [5, 5.41) is 1.97. The van der Waals surface area contributed by atoms with Crippen molar-refractivity contribution in [3.05, 3.63) is 70.0 Å². The van der Waals surface area contributed by atoms with E-state index in [2.05, 4.69) is 0 Å². The molecule has 30 heavy (non-hydrogen) atoms. The van der Waals surface area contributed by atoms with Crippen molar-refractivity contribution >= 4 is 21.4 Å². The first-order valence-corrected chi connectivity index (χ1v) is 12.2. The van der Waals surface area contributed by atoms with E-state index in [9.17, 15) is 13.2 Å². The number of ether oxygens (including phenoxy) is 1. The molecule has 5 rings (SSSR count). The Morgan fingerprint density at radius 1 is 1.03 bits per heavy atom. The molecule has 0 aliphatic carbocycles. The van der Waals surface area contributed by atoms with Crippen LogP contribution in [-0.4, -0.2) is 37.5 Å². The van der Waals surface area contributed by atoms with Gasteiger partial charge >= 0.3 is 0 Å². The van der Waals surface area contributed by atoms with Crippen molar-refractivity contribution < 1.29 is 13.2 Å². The van der Waals surface area contributed by atoms with Gasteiger partial charge in [0.1, 0.15) is 5.75 Å². The molecular weight excluding hydrogens is 420 g/mol. The van der Waals surface area contributed by atoms with Crippen LogP contribution in [0.25, 0.3) is 10.4 Å². The topological polar surface area (TPSA) is 68.6 Å². The van der Waals surface area contributed by atoms with Gasteiger partial charge in [-0.15, -0.1) is 11.3 Å². The van der Waals surface area contributed by atoms with Crippen LogP contribution in [0.5, 0.6) is 5.75 Å². The van der Waals surface area contributed by atoms with E-state index in [0.29, 0.717) is 25.4 Å². The fourth-order valence-corrected chi connectivity index (χ4v) is 6.92. The standard InChI is InChI=1S/C22H22N2O4S2/c1-28-17-4-6-18(7-5-17)30(26,27)23-12-15-11-16(14-23)20-9-8-19(21-3-2-10-29-21)22(25)24(20)13-15/h2-10,15-16H,11-14H2,1H3/t15-,16+/m0/s1. The number of pyridine rings is 1. The first-order chi connectivity index (χ1) is 14.5. The molecule has 1 aromatic carbocycles. The molecule has 1 fully saturated rings. The van der Waals surface area contributed by atoms with Crippen molar-refractivity contribution in [3.8, 4) is 16.2 Å². The molecule has 0 amide bonds. The van der Waals surface area contributed by atoms with Crippen LogP contribution in [-0.2, 0) is 16.6 Å². The van der Waals surface area contributed by atoms with Gasteiger partial charge in [0.15, 0.2) is 0 Å². The summed E-state index contributed by atoms with van der Waals surface area (Å²) < 4.78 is 35.0. The summed E-state index contributed by atoms with van der Waals surface area (Å²) >= 11 is 1.56. The van der Waals surface area contributed by atoms with E-state index in [1.807, 2.05) is 34.2 Å². The molecule has 2 aliphatic rings.